The van der Waals surface area contributed by atoms with Crippen LogP contribution < -0.4 is 0 Å². The third-order valence-corrected chi connectivity index (χ3v) is 4.61. The van der Waals surface area contributed by atoms with E-state index < -0.39 is 0 Å². The van der Waals surface area contributed by atoms with Crippen LogP contribution in [0, 0.1) is 0 Å². The van der Waals surface area contributed by atoms with Gasteiger partial charge in [-0.2, -0.15) is 0 Å². The van der Waals surface area contributed by atoms with Crippen molar-refractivity contribution in [2.45, 2.75) is 13.3 Å². The maximum atomic E-state index is 6.03. The van der Waals surface area contributed by atoms with Crippen molar-refractivity contribution in [2.24, 2.45) is 0 Å². The Bertz CT molecular complexity index is 528. The molecule has 0 aliphatic carbocycles. The molecule has 0 bridgehead atoms. The predicted octanol–water partition coefficient (Wildman–Crippen LogP) is 4.84. The second-order valence-electron chi connectivity index (χ2n) is 3.08. The number of thiophene rings is 1. The minimum atomic E-state index is 0.436. The molecule has 0 aromatic carbocycles. The first-order chi connectivity index (χ1) is 7.61. The quantitative estimate of drug-likeness (QED) is 0.733. The number of hydrogen-bond acceptors (Lipinski definition) is 3. The Kier molecular flexibility index (Phi) is 3.85. The molecule has 2 nitrogen and oxygen atoms in total. The van der Waals surface area contributed by atoms with Gasteiger partial charge in [-0.25, -0.2) is 9.97 Å². The van der Waals surface area contributed by atoms with Crippen molar-refractivity contribution in [3.05, 3.63) is 31.8 Å². The summed E-state index contributed by atoms with van der Waals surface area (Å²) in [6.45, 7) is 2.02. The number of nitrogens with zero attached hydrogens (tertiary/aromatic N) is 2. The van der Waals surface area contributed by atoms with E-state index in [1.54, 1.807) is 0 Å². The van der Waals surface area contributed by atoms with Gasteiger partial charge in [-0.05, 0) is 28.4 Å². The van der Waals surface area contributed by atoms with Crippen LogP contribution >= 0.6 is 50.5 Å². The molecule has 0 spiro atoms. The van der Waals surface area contributed by atoms with E-state index in [0.29, 0.717) is 16.0 Å². The van der Waals surface area contributed by atoms with Crippen LogP contribution in [0.5, 0.6) is 0 Å². The summed E-state index contributed by atoms with van der Waals surface area (Å²) in [6.07, 6.45) is 0.801. The second kappa shape index (κ2) is 5.00. The molecule has 0 radical (unpaired) electrons. The molecule has 0 saturated carbocycles. The van der Waals surface area contributed by atoms with Crippen LogP contribution in [-0.2, 0) is 6.42 Å². The van der Waals surface area contributed by atoms with Gasteiger partial charge < -0.3 is 0 Å². The van der Waals surface area contributed by atoms with Gasteiger partial charge in [0, 0.05) is 5.38 Å². The van der Waals surface area contributed by atoms with E-state index in [1.807, 2.05) is 18.4 Å². The Morgan fingerprint density at radius 2 is 2.12 bits per heavy atom. The molecule has 0 amide bonds. The fourth-order valence-electron chi connectivity index (χ4n) is 1.24. The van der Waals surface area contributed by atoms with Crippen molar-refractivity contribution in [1.82, 2.24) is 9.97 Å². The Hall–Kier alpha value is -0.160. The lowest BCUT2D eigenvalue weighted by Gasteiger charge is -2.04. The Labute approximate surface area is 116 Å². The molecule has 0 fully saturated rings. The number of aromatic nitrogens is 2. The van der Waals surface area contributed by atoms with Gasteiger partial charge in [0.2, 0.25) is 0 Å². The summed E-state index contributed by atoms with van der Waals surface area (Å²) < 4.78 is 0.767. The van der Waals surface area contributed by atoms with Crippen molar-refractivity contribution >= 4 is 50.5 Å². The van der Waals surface area contributed by atoms with Gasteiger partial charge in [-0.1, -0.05) is 30.1 Å². The van der Waals surface area contributed by atoms with Gasteiger partial charge in [0.05, 0.1) is 20.1 Å². The normalized spacial score (nSPS) is 10.8. The highest BCUT2D eigenvalue weighted by Gasteiger charge is 2.12. The minimum Gasteiger partial charge on any atom is -0.231 e. The third kappa shape index (κ3) is 2.40. The maximum absolute atomic E-state index is 6.03. The van der Waals surface area contributed by atoms with Crippen LogP contribution in [0.3, 0.4) is 0 Å². The summed E-state index contributed by atoms with van der Waals surface area (Å²) in [4.78, 5) is 9.59. The molecule has 2 aromatic rings. The standard InChI is InChI=1S/C10H7BrCl2N2S/c1-2-6-8(11)9(13)15-10(14-6)7-3-5(12)4-16-7/h3-4H,2H2,1H3. The molecule has 84 valence electrons. The van der Waals surface area contributed by atoms with E-state index in [2.05, 4.69) is 25.9 Å². The number of aryl methyl sites for hydroxylation is 1. The number of hydrogen-bond donors (Lipinski definition) is 0. The minimum absolute atomic E-state index is 0.436. The van der Waals surface area contributed by atoms with Gasteiger partial charge in [0.1, 0.15) is 5.15 Å². The average Bonchev–Trinajstić information content (AvgIpc) is 2.69. The summed E-state index contributed by atoms with van der Waals surface area (Å²) >= 11 is 16.8. The zero-order valence-corrected chi connectivity index (χ0v) is 12.2. The van der Waals surface area contributed by atoms with E-state index in [0.717, 1.165) is 21.5 Å². The van der Waals surface area contributed by atoms with Crippen LogP contribution in [0.4, 0.5) is 0 Å². The van der Waals surface area contributed by atoms with Crippen LogP contribution in [0.15, 0.2) is 15.9 Å². The number of halogens is 3. The lowest BCUT2D eigenvalue weighted by Crippen LogP contribution is -1.96. The monoisotopic (exact) mass is 336 g/mol. The van der Waals surface area contributed by atoms with Crippen LogP contribution in [-0.4, -0.2) is 9.97 Å². The predicted molar refractivity (Wildman–Crippen MR) is 72.4 cm³/mol. The molecule has 2 aromatic heterocycles. The molecule has 16 heavy (non-hydrogen) atoms. The highest BCUT2D eigenvalue weighted by Crippen LogP contribution is 2.31. The molecule has 0 N–H and O–H groups in total. The van der Waals surface area contributed by atoms with E-state index in [9.17, 15) is 0 Å². The second-order valence-corrected chi connectivity index (χ2v) is 5.58. The molecule has 0 atom stereocenters. The van der Waals surface area contributed by atoms with Crippen molar-refractivity contribution < 1.29 is 0 Å². The first-order valence-electron chi connectivity index (χ1n) is 4.58. The van der Waals surface area contributed by atoms with Gasteiger partial charge in [-0.3, -0.25) is 0 Å². The summed E-state index contributed by atoms with van der Waals surface area (Å²) in [5.74, 6) is 0.627. The van der Waals surface area contributed by atoms with Gasteiger partial charge >= 0.3 is 0 Å². The SMILES string of the molecule is CCc1nc(-c2cc(Cl)cs2)nc(Cl)c1Br. The molecule has 0 unspecified atom stereocenters. The Morgan fingerprint density at radius 1 is 1.38 bits per heavy atom. The summed E-state index contributed by atoms with van der Waals surface area (Å²) in [5.41, 5.74) is 0.902. The lowest BCUT2D eigenvalue weighted by molar-refractivity contribution is 0.993. The van der Waals surface area contributed by atoms with Gasteiger partial charge in [0.25, 0.3) is 0 Å². The van der Waals surface area contributed by atoms with Crippen LogP contribution in [0.2, 0.25) is 10.2 Å². The first kappa shape index (κ1) is 12.3. The smallest absolute Gasteiger partial charge is 0.171 e. The van der Waals surface area contributed by atoms with Gasteiger partial charge in [-0.15, -0.1) is 11.3 Å². The highest BCUT2D eigenvalue weighted by molar-refractivity contribution is 9.10. The van der Waals surface area contributed by atoms with E-state index >= 15 is 0 Å². The fraction of sp³-hybridized carbons (Fsp3) is 0.200. The average molecular weight is 338 g/mol. The highest BCUT2D eigenvalue weighted by atomic mass is 79.9. The van der Waals surface area contributed by atoms with Crippen LogP contribution in [0.1, 0.15) is 12.6 Å². The lowest BCUT2D eigenvalue weighted by atomic mass is 10.3. The fourth-order valence-corrected chi connectivity index (χ4v) is 2.89. The molecule has 2 heterocycles. The van der Waals surface area contributed by atoms with Crippen molar-refractivity contribution in [2.75, 3.05) is 0 Å². The van der Waals surface area contributed by atoms with E-state index in [-0.39, 0.29) is 0 Å². The van der Waals surface area contributed by atoms with Gasteiger partial charge in [0.15, 0.2) is 5.82 Å². The molecule has 0 aliphatic heterocycles. The molecular formula is C10H7BrCl2N2S. The first-order valence-corrected chi connectivity index (χ1v) is 7.01. The number of rotatable bonds is 2. The van der Waals surface area contributed by atoms with Crippen LogP contribution in [0.25, 0.3) is 10.7 Å². The van der Waals surface area contributed by atoms with Crippen molar-refractivity contribution in [3.8, 4) is 10.7 Å². The summed E-state index contributed by atoms with van der Waals surface area (Å²) in [7, 11) is 0. The molecular weight excluding hydrogens is 331 g/mol. The Morgan fingerprint density at radius 3 is 2.69 bits per heavy atom. The zero-order valence-electron chi connectivity index (χ0n) is 8.30. The van der Waals surface area contributed by atoms with Crippen molar-refractivity contribution in [1.29, 1.82) is 0 Å². The van der Waals surface area contributed by atoms with Crippen molar-refractivity contribution in [3.63, 3.8) is 0 Å². The molecule has 6 heteroatoms. The Balaban J connectivity index is 2.54. The topological polar surface area (TPSA) is 25.8 Å². The molecule has 2 rings (SSSR count). The third-order valence-electron chi connectivity index (χ3n) is 2.00. The molecule has 0 aliphatic rings. The maximum Gasteiger partial charge on any atom is 0.171 e. The summed E-state index contributed by atoms with van der Waals surface area (Å²) in [6, 6.07) is 1.84. The van der Waals surface area contributed by atoms with E-state index in [4.69, 9.17) is 23.2 Å². The zero-order chi connectivity index (χ0) is 11.7. The molecule has 0 saturated heterocycles. The largest absolute Gasteiger partial charge is 0.231 e. The summed E-state index contributed by atoms with van der Waals surface area (Å²) in [5, 5.41) is 2.98. The van der Waals surface area contributed by atoms with E-state index in [1.165, 1.54) is 11.3 Å².